The number of methoxy groups -OCH3 is 1. The van der Waals surface area contributed by atoms with E-state index < -0.39 is 28.3 Å². The van der Waals surface area contributed by atoms with Gasteiger partial charge in [-0.1, -0.05) is 11.6 Å². The Morgan fingerprint density at radius 3 is 2.39 bits per heavy atom. The molecule has 0 radical (unpaired) electrons. The molecule has 7 nitrogen and oxygen atoms in total. The van der Waals surface area contributed by atoms with Crippen molar-refractivity contribution in [3.05, 3.63) is 53.3 Å². The first-order chi connectivity index (χ1) is 13.2. The number of hydrogen-bond donors (Lipinski definition) is 1. The molecule has 0 aliphatic rings. The van der Waals surface area contributed by atoms with E-state index in [9.17, 15) is 17.6 Å². The number of carbonyl (C=O) groups is 1. The van der Waals surface area contributed by atoms with Crippen LogP contribution in [0, 0.1) is 5.82 Å². The van der Waals surface area contributed by atoms with Crippen molar-refractivity contribution in [3.63, 3.8) is 0 Å². The molecule has 0 aliphatic heterocycles. The van der Waals surface area contributed by atoms with Crippen molar-refractivity contribution >= 4 is 33.2 Å². The standard InChI is InChI=1S/C18H20ClFN2O5S/c1-26-14-4-6-15(7-5-14)27-10-9-21-18(23)12-22(28(2,24)25)13-3-8-17(20)16(19)11-13/h3-8,11H,9-10,12H2,1-2H3,(H,21,23). The Hall–Kier alpha value is -2.52. The van der Waals surface area contributed by atoms with Crippen LogP contribution in [-0.4, -0.2) is 47.4 Å². The first-order valence-corrected chi connectivity index (χ1v) is 10.4. The molecule has 2 rings (SSSR count). The highest BCUT2D eigenvalue weighted by molar-refractivity contribution is 7.92. The minimum atomic E-state index is -3.77. The lowest BCUT2D eigenvalue weighted by atomic mass is 10.3. The predicted octanol–water partition coefficient (Wildman–Crippen LogP) is 2.45. The van der Waals surface area contributed by atoms with E-state index in [1.54, 1.807) is 31.4 Å². The molecule has 0 saturated heterocycles. The van der Waals surface area contributed by atoms with Crippen molar-refractivity contribution in [1.29, 1.82) is 0 Å². The summed E-state index contributed by atoms with van der Waals surface area (Å²) in [4.78, 5) is 12.1. The summed E-state index contributed by atoms with van der Waals surface area (Å²) in [5, 5.41) is 2.34. The van der Waals surface area contributed by atoms with Crippen LogP contribution in [0.1, 0.15) is 0 Å². The summed E-state index contributed by atoms with van der Waals surface area (Å²) in [6, 6.07) is 10.4. The zero-order valence-electron chi connectivity index (χ0n) is 15.3. The summed E-state index contributed by atoms with van der Waals surface area (Å²) >= 11 is 5.70. The largest absolute Gasteiger partial charge is 0.497 e. The first kappa shape index (κ1) is 21.8. The van der Waals surface area contributed by atoms with Crippen LogP contribution in [0.25, 0.3) is 0 Å². The molecule has 152 valence electrons. The highest BCUT2D eigenvalue weighted by atomic mass is 35.5. The quantitative estimate of drug-likeness (QED) is 0.618. The maximum atomic E-state index is 13.3. The number of anilines is 1. The molecule has 1 N–H and O–H groups in total. The second-order valence-electron chi connectivity index (χ2n) is 5.74. The minimum absolute atomic E-state index is 0.0959. The predicted molar refractivity (Wildman–Crippen MR) is 105 cm³/mol. The fourth-order valence-corrected chi connectivity index (χ4v) is 3.28. The van der Waals surface area contributed by atoms with Gasteiger partial charge in [-0.15, -0.1) is 0 Å². The Kier molecular flexibility index (Phi) is 7.47. The number of hydrogen-bond acceptors (Lipinski definition) is 5. The SMILES string of the molecule is COc1ccc(OCCNC(=O)CN(c2ccc(F)c(Cl)c2)S(C)(=O)=O)cc1. The van der Waals surface area contributed by atoms with Crippen LogP contribution in [0.3, 0.4) is 0 Å². The maximum absolute atomic E-state index is 13.3. The van der Waals surface area contributed by atoms with Gasteiger partial charge in [-0.25, -0.2) is 12.8 Å². The Labute approximate surface area is 168 Å². The topological polar surface area (TPSA) is 84.9 Å². The van der Waals surface area contributed by atoms with E-state index in [0.717, 1.165) is 22.7 Å². The molecule has 1 amide bonds. The van der Waals surface area contributed by atoms with Crippen molar-refractivity contribution < 1.29 is 27.1 Å². The number of nitrogens with zero attached hydrogens (tertiary/aromatic N) is 1. The highest BCUT2D eigenvalue weighted by Gasteiger charge is 2.21. The Morgan fingerprint density at radius 1 is 1.18 bits per heavy atom. The lowest BCUT2D eigenvalue weighted by Crippen LogP contribution is -2.41. The van der Waals surface area contributed by atoms with E-state index in [4.69, 9.17) is 21.1 Å². The van der Waals surface area contributed by atoms with E-state index in [1.165, 1.54) is 6.07 Å². The van der Waals surface area contributed by atoms with Crippen LogP contribution in [0.5, 0.6) is 11.5 Å². The van der Waals surface area contributed by atoms with Gasteiger partial charge in [-0.2, -0.15) is 0 Å². The van der Waals surface area contributed by atoms with E-state index in [-0.39, 0.29) is 23.9 Å². The van der Waals surface area contributed by atoms with Gasteiger partial charge in [0.25, 0.3) is 0 Å². The lowest BCUT2D eigenvalue weighted by molar-refractivity contribution is -0.119. The van der Waals surface area contributed by atoms with Gasteiger partial charge < -0.3 is 14.8 Å². The smallest absolute Gasteiger partial charge is 0.240 e. The minimum Gasteiger partial charge on any atom is -0.497 e. The first-order valence-electron chi connectivity index (χ1n) is 8.17. The number of benzene rings is 2. The highest BCUT2D eigenvalue weighted by Crippen LogP contribution is 2.24. The summed E-state index contributed by atoms with van der Waals surface area (Å²) < 4.78 is 48.7. The molecule has 0 aliphatic carbocycles. The van der Waals surface area contributed by atoms with Crippen LogP contribution >= 0.6 is 11.6 Å². The number of amides is 1. The number of nitrogens with one attached hydrogen (secondary N) is 1. The summed E-state index contributed by atoms with van der Waals surface area (Å²) in [6.07, 6.45) is 0.949. The Morgan fingerprint density at radius 2 is 1.82 bits per heavy atom. The monoisotopic (exact) mass is 430 g/mol. The number of carbonyl (C=O) groups excluding carboxylic acids is 1. The molecule has 0 fully saturated rings. The third-order valence-corrected chi connectivity index (χ3v) is 5.06. The molecule has 28 heavy (non-hydrogen) atoms. The lowest BCUT2D eigenvalue weighted by Gasteiger charge is -2.22. The van der Waals surface area contributed by atoms with Gasteiger partial charge in [0.1, 0.15) is 30.5 Å². The maximum Gasteiger partial charge on any atom is 0.240 e. The molecule has 2 aromatic rings. The number of rotatable bonds is 9. The van der Waals surface area contributed by atoms with Gasteiger partial charge >= 0.3 is 0 Å². The van der Waals surface area contributed by atoms with Gasteiger partial charge in [0.15, 0.2) is 0 Å². The Bertz CT molecular complexity index is 922. The number of sulfonamides is 1. The normalized spacial score (nSPS) is 11.0. The van der Waals surface area contributed by atoms with E-state index in [0.29, 0.717) is 11.5 Å². The zero-order valence-corrected chi connectivity index (χ0v) is 16.9. The average Bonchev–Trinajstić information content (AvgIpc) is 2.65. The molecule has 0 bridgehead atoms. The third kappa shape index (κ3) is 6.28. The number of ether oxygens (including phenoxy) is 2. The summed E-state index contributed by atoms with van der Waals surface area (Å²) in [7, 11) is -2.21. The van der Waals surface area contributed by atoms with Crippen LogP contribution in [0.2, 0.25) is 5.02 Å². The molecule has 0 atom stereocenters. The van der Waals surface area contributed by atoms with E-state index in [2.05, 4.69) is 5.32 Å². The van der Waals surface area contributed by atoms with Gasteiger partial charge in [-0.05, 0) is 42.5 Å². The van der Waals surface area contributed by atoms with E-state index in [1.807, 2.05) is 0 Å². The van der Waals surface area contributed by atoms with Crippen LogP contribution in [0.15, 0.2) is 42.5 Å². The zero-order chi connectivity index (χ0) is 20.7. The van der Waals surface area contributed by atoms with Gasteiger partial charge in [0.05, 0.1) is 30.6 Å². The van der Waals surface area contributed by atoms with Crippen LogP contribution < -0.4 is 19.1 Å². The van der Waals surface area contributed by atoms with Crippen LogP contribution in [0.4, 0.5) is 10.1 Å². The number of halogens is 2. The molecular formula is C18H20ClFN2O5S. The molecule has 0 spiro atoms. The van der Waals surface area contributed by atoms with Crippen LogP contribution in [-0.2, 0) is 14.8 Å². The molecular weight excluding hydrogens is 411 g/mol. The van der Waals surface area contributed by atoms with Crippen molar-refractivity contribution in [2.24, 2.45) is 0 Å². The second kappa shape index (κ2) is 9.61. The third-order valence-electron chi connectivity index (χ3n) is 3.63. The summed E-state index contributed by atoms with van der Waals surface area (Å²) in [5.74, 6) is 0.0828. The van der Waals surface area contributed by atoms with Gasteiger partial charge in [0, 0.05) is 0 Å². The molecule has 0 heterocycles. The van der Waals surface area contributed by atoms with Gasteiger partial charge in [0.2, 0.25) is 15.9 Å². The molecule has 0 unspecified atom stereocenters. The van der Waals surface area contributed by atoms with Crippen molar-refractivity contribution in [2.75, 3.05) is 37.4 Å². The fraction of sp³-hybridized carbons (Fsp3) is 0.278. The average molecular weight is 431 g/mol. The molecule has 0 aromatic heterocycles. The van der Waals surface area contributed by atoms with Gasteiger partial charge in [-0.3, -0.25) is 9.10 Å². The summed E-state index contributed by atoms with van der Waals surface area (Å²) in [5.41, 5.74) is 0.0959. The van der Waals surface area contributed by atoms with Crippen molar-refractivity contribution in [1.82, 2.24) is 5.32 Å². The summed E-state index contributed by atoms with van der Waals surface area (Å²) in [6.45, 7) is -0.102. The van der Waals surface area contributed by atoms with Crippen molar-refractivity contribution in [3.8, 4) is 11.5 Å². The molecule has 0 saturated carbocycles. The molecule has 2 aromatic carbocycles. The second-order valence-corrected chi connectivity index (χ2v) is 8.06. The van der Waals surface area contributed by atoms with Crippen molar-refractivity contribution in [2.45, 2.75) is 0 Å². The molecule has 10 heteroatoms. The Balaban J connectivity index is 1.90. The van der Waals surface area contributed by atoms with E-state index >= 15 is 0 Å². The fourth-order valence-electron chi connectivity index (χ4n) is 2.26.